The zero-order chi connectivity index (χ0) is 15.1. The molecule has 0 heterocycles. The minimum absolute atomic E-state index is 0.477. The van der Waals surface area contributed by atoms with Crippen LogP contribution in [-0.2, 0) is 16.1 Å². The molecular formula is C17H19NO3. The van der Waals surface area contributed by atoms with Gasteiger partial charge in [-0.05, 0) is 11.1 Å². The number of aliphatic hydroxyl groups is 1. The van der Waals surface area contributed by atoms with Crippen molar-refractivity contribution in [1.82, 2.24) is 5.32 Å². The molecule has 4 nitrogen and oxygen atoms in total. The molecule has 4 heteroatoms. The number of aliphatic hydroxyl groups excluding tert-OH is 1. The number of carbonyl (C=O) groups is 1. The molecule has 0 amide bonds. The maximum Gasteiger partial charge on any atom is 0.325 e. The molecule has 0 bridgehead atoms. The fraction of sp³-hybridized carbons (Fsp3) is 0.235. The molecule has 0 fully saturated rings. The predicted molar refractivity (Wildman–Crippen MR) is 80.5 cm³/mol. The number of nitrogens with one attached hydrogen (secondary N) is 1. The Morgan fingerprint density at radius 1 is 1.10 bits per heavy atom. The number of hydrogen-bond acceptors (Lipinski definition) is 4. The Morgan fingerprint density at radius 2 is 1.67 bits per heavy atom. The summed E-state index contributed by atoms with van der Waals surface area (Å²) in [4.78, 5) is 11.9. The lowest BCUT2D eigenvalue weighted by atomic mass is 10.0. The highest BCUT2D eigenvalue weighted by atomic mass is 16.5. The van der Waals surface area contributed by atoms with Crippen molar-refractivity contribution in [2.24, 2.45) is 0 Å². The van der Waals surface area contributed by atoms with Gasteiger partial charge in [-0.15, -0.1) is 0 Å². The zero-order valence-electron chi connectivity index (χ0n) is 11.9. The van der Waals surface area contributed by atoms with E-state index in [-0.39, 0.29) is 0 Å². The number of rotatable bonds is 6. The summed E-state index contributed by atoms with van der Waals surface area (Å²) >= 11 is 0. The van der Waals surface area contributed by atoms with Crippen LogP contribution in [0.3, 0.4) is 0 Å². The van der Waals surface area contributed by atoms with Crippen LogP contribution in [-0.4, -0.2) is 24.2 Å². The third-order valence-electron chi connectivity index (χ3n) is 3.28. The Labute approximate surface area is 124 Å². The van der Waals surface area contributed by atoms with Crippen LogP contribution < -0.4 is 5.32 Å². The van der Waals surface area contributed by atoms with Crippen LogP contribution in [0, 0.1) is 0 Å². The highest BCUT2D eigenvalue weighted by Crippen LogP contribution is 2.18. The Kier molecular flexibility index (Phi) is 5.49. The molecule has 0 aliphatic heterocycles. The minimum Gasteiger partial charge on any atom is -0.468 e. The van der Waals surface area contributed by atoms with Gasteiger partial charge >= 0.3 is 5.97 Å². The second-order valence-electron chi connectivity index (χ2n) is 4.72. The van der Waals surface area contributed by atoms with Gasteiger partial charge in [-0.1, -0.05) is 60.7 Å². The predicted octanol–water partition coefficient (Wildman–Crippen LogP) is 2.05. The smallest absolute Gasteiger partial charge is 0.325 e. The summed E-state index contributed by atoms with van der Waals surface area (Å²) in [6.45, 7) is 0.477. The van der Waals surface area contributed by atoms with E-state index < -0.39 is 18.1 Å². The molecule has 0 unspecified atom stereocenters. The Balaban J connectivity index is 2.09. The highest BCUT2D eigenvalue weighted by molar-refractivity contribution is 5.76. The highest BCUT2D eigenvalue weighted by Gasteiger charge is 2.28. The van der Waals surface area contributed by atoms with E-state index in [9.17, 15) is 9.90 Å². The molecule has 2 aromatic rings. The largest absolute Gasteiger partial charge is 0.468 e. The molecule has 2 N–H and O–H groups in total. The van der Waals surface area contributed by atoms with Crippen molar-refractivity contribution in [3.05, 3.63) is 71.8 Å². The van der Waals surface area contributed by atoms with E-state index in [4.69, 9.17) is 4.74 Å². The maximum absolute atomic E-state index is 11.9. The molecule has 0 spiro atoms. The Morgan fingerprint density at radius 3 is 2.24 bits per heavy atom. The summed E-state index contributed by atoms with van der Waals surface area (Å²) in [5.74, 6) is -0.484. The fourth-order valence-corrected chi connectivity index (χ4v) is 2.12. The van der Waals surface area contributed by atoms with E-state index in [1.165, 1.54) is 7.11 Å². The van der Waals surface area contributed by atoms with Gasteiger partial charge in [0.25, 0.3) is 0 Å². The van der Waals surface area contributed by atoms with Gasteiger partial charge in [0.2, 0.25) is 0 Å². The van der Waals surface area contributed by atoms with Gasteiger partial charge in [0.1, 0.15) is 12.1 Å². The van der Waals surface area contributed by atoms with Crippen LogP contribution in [0.5, 0.6) is 0 Å². The molecule has 0 aliphatic rings. The quantitative estimate of drug-likeness (QED) is 0.798. The average Bonchev–Trinajstić information content (AvgIpc) is 2.56. The van der Waals surface area contributed by atoms with Gasteiger partial charge < -0.3 is 9.84 Å². The van der Waals surface area contributed by atoms with Crippen LogP contribution in [0.1, 0.15) is 17.2 Å². The van der Waals surface area contributed by atoms with Crippen LogP contribution in [0.15, 0.2) is 60.7 Å². The van der Waals surface area contributed by atoms with Crippen molar-refractivity contribution in [3.63, 3.8) is 0 Å². The van der Waals surface area contributed by atoms with E-state index >= 15 is 0 Å². The molecule has 2 aromatic carbocycles. The van der Waals surface area contributed by atoms with Crippen molar-refractivity contribution >= 4 is 5.97 Å². The standard InChI is InChI=1S/C17H19NO3/c1-21-17(20)15(16(19)14-10-6-3-7-11-14)18-12-13-8-4-2-5-9-13/h2-11,15-16,18-19H,12H2,1H3/t15-,16+/m0/s1. The van der Waals surface area contributed by atoms with Gasteiger partial charge in [0.15, 0.2) is 0 Å². The number of esters is 1. The first-order valence-electron chi connectivity index (χ1n) is 6.80. The first kappa shape index (κ1) is 15.2. The second kappa shape index (κ2) is 7.57. The van der Waals surface area contributed by atoms with Gasteiger partial charge in [-0.2, -0.15) is 0 Å². The Bertz CT molecular complexity index is 557. The van der Waals surface area contributed by atoms with Crippen molar-refractivity contribution in [2.45, 2.75) is 18.7 Å². The third kappa shape index (κ3) is 4.15. The molecule has 0 aromatic heterocycles. The molecule has 0 saturated heterocycles. The van der Waals surface area contributed by atoms with E-state index in [1.807, 2.05) is 48.5 Å². The molecule has 21 heavy (non-hydrogen) atoms. The summed E-state index contributed by atoms with van der Waals surface area (Å²) in [6.07, 6.45) is -0.956. The molecule has 2 rings (SSSR count). The van der Waals surface area contributed by atoms with Crippen molar-refractivity contribution in [1.29, 1.82) is 0 Å². The summed E-state index contributed by atoms with van der Waals surface area (Å²) < 4.78 is 4.78. The molecule has 0 saturated carbocycles. The molecule has 2 atom stereocenters. The normalized spacial score (nSPS) is 13.4. The second-order valence-corrected chi connectivity index (χ2v) is 4.72. The average molecular weight is 285 g/mol. The van der Waals surface area contributed by atoms with E-state index in [0.29, 0.717) is 12.1 Å². The first-order valence-corrected chi connectivity index (χ1v) is 6.80. The molecule has 110 valence electrons. The van der Waals surface area contributed by atoms with Gasteiger partial charge in [-0.25, -0.2) is 0 Å². The van der Waals surface area contributed by atoms with E-state index in [0.717, 1.165) is 5.56 Å². The third-order valence-corrected chi connectivity index (χ3v) is 3.28. The van der Waals surface area contributed by atoms with Crippen LogP contribution >= 0.6 is 0 Å². The van der Waals surface area contributed by atoms with Crippen molar-refractivity contribution in [3.8, 4) is 0 Å². The van der Waals surface area contributed by atoms with Crippen LogP contribution in [0.4, 0.5) is 0 Å². The van der Waals surface area contributed by atoms with Crippen LogP contribution in [0.2, 0.25) is 0 Å². The lowest BCUT2D eigenvalue weighted by Gasteiger charge is -2.22. The van der Waals surface area contributed by atoms with Crippen molar-refractivity contribution < 1.29 is 14.6 Å². The first-order chi connectivity index (χ1) is 10.2. The monoisotopic (exact) mass is 285 g/mol. The van der Waals surface area contributed by atoms with Crippen LogP contribution in [0.25, 0.3) is 0 Å². The van der Waals surface area contributed by atoms with Gasteiger partial charge in [-0.3, -0.25) is 10.1 Å². The summed E-state index contributed by atoms with van der Waals surface area (Å²) in [7, 11) is 1.32. The Hall–Kier alpha value is -2.17. The van der Waals surface area contributed by atoms with Gasteiger partial charge in [0, 0.05) is 6.54 Å². The molecule has 0 radical (unpaired) electrons. The number of benzene rings is 2. The minimum atomic E-state index is -0.956. The number of hydrogen-bond donors (Lipinski definition) is 2. The summed E-state index contributed by atoms with van der Waals surface area (Å²) in [5, 5.41) is 13.5. The SMILES string of the molecule is COC(=O)[C@@H](NCc1ccccc1)[C@H](O)c1ccccc1. The van der Waals surface area contributed by atoms with Crippen molar-refractivity contribution in [2.75, 3.05) is 7.11 Å². The fourth-order valence-electron chi connectivity index (χ4n) is 2.12. The zero-order valence-corrected chi connectivity index (χ0v) is 11.9. The molecular weight excluding hydrogens is 266 g/mol. The number of carbonyl (C=O) groups excluding carboxylic acids is 1. The lowest BCUT2D eigenvalue weighted by molar-refractivity contribution is -0.146. The summed E-state index contributed by atoms with van der Waals surface area (Å²) in [5.41, 5.74) is 1.71. The van der Waals surface area contributed by atoms with E-state index in [1.54, 1.807) is 12.1 Å². The van der Waals surface area contributed by atoms with Gasteiger partial charge in [0.05, 0.1) is 7.11 Å². The summed E-state index contributed by atoms with van der Waals surface area (Å²) in [6, 6.07) is 18.0. The van der Waals surface area contributed by atoms with E-state index in [2.05, 4.69) is 5.32 Å². The number of methoxy groups -OCH3 is 1. The molecule has 0 aliphatic carbocycles. The number of ether oxygens (including phenoxy) is 1. The topological polar surface area (TPSA) is 58.6 Å². The maximum atomic E-state index is 11.9. The lowest BCUT2D eigenvalue weighted by Crippen LogP contribution is -2.42.